The molecule has 10 atom stereocenters. The molecule has 2 saturated heterocycles. The molecule has 42 heavy (non-hydrogen) atoms. The van der Waals surface area contributed by atoms with Gasteiger partial charge in [-0.25, -0.2) is 0 Å². The molecule has 2 aliphatic rings. The van der Waals surface area contributed by atoms with Crippen LogP contribution in [0.4, 0.5) is 0 Å². The smallest absolute Gasteiger partial charge is 0.239 e. The van der Waals surface area contributed by atoms with Gasteiger partial charge in [-0.3, -0.25) is 4.79 Å². The quantitative estimate of drug-likeness (QED) is 0.161. The van der Waals surface area contributed by atoms with Gasteiger partial charge in [-0.05, 0) is 32.0 Å². The molecule has 0 amide bonds. The van der Waals surface area contributed by atoms with E-state index in [1.165, 1.54) is 19.9 Å². The van der Waals surface area contributed by atoms with E-state index in [1.54, 1.807) is 0 Å². The summed E-state index contributed by atoms with van der Waals surface area (Å²) in [6.07, 6.45) is -14.7. The molecular formula is C27H30O15. The summed E-state index contributed by atoms with van der Waals surface area (Å²) in [7, 11) is 0. The van der Waals surface area contributed by atoms with Gasteiger partial charge < -0.3 is 69.3 Å². The Bertz CT molecular complexity index is 1520. The monoisotopic (exact) mass is 594 g/mol. The lowest BCUT2D eigenvalue weighted by Crippen LogP contribution is -2.58. The van der Waals surface area contributed by atoms with Crippen molar-refractivity contribution >= 4 is 11.0 Å². The SMILES string of the molecule is CC1OC(Oc2cc(O)c3c(=O)c(OC4OC(C)C(O)C(O)C4O)c(-c4ccc(O)c(O)c4)oc3c2)C(O)C(O)C1O. The predicted octanol–water partition coefficient (Wildman–Crippen LogP) is -1.01. The molecule has 9 N–H and O–H groups in total. The normalized spacial score (nSPS) is 33.4. The fourth-order valence-electron chi connectivity index (χ4n) is 4.76. The van der Waals surface area contributed by atoms with E-state index < -0.39 is 95.2 Å². The van der Waals surface area contributed by atoms with E-state index in [-0.39, 0.29) is 22.7 Å². The van der Waals surface area contributed by atoms with E-state index in [1.807, 2.05) is 0 Å². The molecule has 2 fully saturated rings. The van der Waals surface area contributed by atoms with Crippen LogP contribution in [-0.4, -0.2) is 107 Å². The van der Waals surface area contributed by atoms with Crippen LogP contribution in [0.2, 0.25) is 0 Å². The third kappa shape index (κ3) is 5.21. The Balaban J connectivity index is 1.61. The van der Waals surface area contributed by atoms with Gasteiger partial charge in [0, 0.05) is 17.7 Å². The molecule has 2 aliphatic heterocycles. The van der Waals surface area contributed by atoms with E-state index in [4.69, 9.17) is 23.4 Å². The largest absolute Gasteiger partial charge is 0.507 e. The number of benzene rings is 2. The number of ether oxygens (including phenoxy) is 4. The second-order valence-corrected chi connectivity index (χ2v) is 10.2. The highest BCUT2D eigenvalue weighted by Gasteiger charge is 2.45. The van der Waals surface area contributed by atoms with Gasteiger partial charge in [-0.2, -0.15) is 0 Å². The number of phenols is 3. The summed E-state index contributed by atoms with van der Waals surface area (Å²) >= 11 is 0. The maximum Gasteiger partial charge on any atom is 0.239 e. The van der Waals surface area contributed by atoms with Crippen molar-refractivity contribution in [3.63, 3.8) is 0 Å². The van der Waals surface area contributed by atoms with Crippen molar-refractivity contribution < 1.29 is 69.3 Å². The van der Waals surface area contributed by atoms with Gasteiger partial charge in [0.05, 0.1) is 12.2 Å². The van der Waals surface area contributed by atoms with Crippen molar-refractivity contribution in [2.75, 3.05) is 0 Å². The molecule has 15 nitrogen and oxygen atoms in total. The summed E-state index contributed by atoms with van der Waals surface area (Å²) in [6.45, 7) is 2.85. The number of hydrogen-bond donors (Lipinski definition) is 9. The molecule has 3 heterocycles. The minimum Gasteiger partial charge on any atom is -0.507 e. The first-order valence-corrected chi connectivity index (χ1v) is 12.9. The van der Waals surface area contributed by atoms with Gasteiger partial charge in [0.25, 0.3) is 0 Å². The average Bonchev–Trinajstić information content (AvgIpc) is 2.94. The molecule has 1 aromatic heterocycles. The number of phenolic OH excluding ortho intramolecular Hbond substituents is 3. The first kappa shape index (κ1) is 29.8. The molecule has 0 saturated carbocycles. The zero-order valence-electron chi connectivity index (χ0n) is 22.1. The number of aromatic hydroxyl groups is 3. The number of fused-ring (bicyclic) bond motifs is 1. The summed E-state index contributed by atoms with van der Waals surface area (Å²) in [5.74, 6) is -2.89. The van der Waals surface area contributed by atoms with Crippen molar-refractivity contribution in [1.29, 1.82) is 0 Å². The minimum absolute atomic E-state index is 0.000938. The topological polar surface area (TPSA) is 249 Å². The van der Waals surface area contributed by atoms with Crippen LogP contribution < -0.4 is 14.9 Å². The number of rotatable bonds is 5. The zero-order valence-corrected chi connectivity index (χ0v) is 22.1. The third-order valence-electron chi connectivity index (χ3n) is 7.25. The molecule has 228 valence electrons. The van der Waals surface area contributed by atoms with Crippen LogP contribution in [0.5, 0.6) is 28.7 Å². The van der Waals surface area contributed by atoms with Gasteiger partial charge in [-0.15, -0.1) is 0 Å². The average molecular weight is 595 g/mol. The summed E-state index contributed by atoms with van der Waals surface area (Å²) in [4.78, 5) is 13.7. The van der Waals surface area contributed by atoms with Crippen molar-refractivity contribution in [1.82, 2.24) is 0 Å². The predicted molar refractivity (Wildman–Crippen MR) is 139 cm³/mol. The second-order valence-electron chi connectivity index (χ2n) is 10.2. The molecule has 0 radical (unpaired) electrons. The Labute approximate surface area is 236 Å². The highest BCUT2D eigenvalue weighted by Crippen LogP contribution is 2.40. The van der Waals surface area contributed by atoms with Crippen LogP contribution in [0.25, 0.3) is 22.3 Å². The van der Waals surface area contributed by atoms with E-state index in [0.717, 1.165) is 24.3 Å². The van der Waals surface area contributed by atoms with E-state index in [2.05, 4.69) is 0 Å². The fourth-order valence-corrected chi connectivity index (χ4v) is 4.76. The Hall–Kier alpha value is -3.67. The molecule has 10 unspecified atom stereocenters. The summed E-state index contributed by atoms with van der Waals surface area (Å²) in [5.41, 5.74) is -1.26. The number of aliphatic hydroxyl groups excluding tert-OH is 6. The minimum atomic E-state index is -1.81. The molecule has 5 rings (SSSR count). The van der Waals surface area contributed by atoms with Gasteiger partial charge >= 0.3 is 0 Å². The van der Waals surface area contributed by atoms with Gasteiger partial charge in [-0.1, -0.05) is 0 Å². The maximum atomic E-state index is 13.7. The molecular weight excluding hydrogens is 564 g/mol. The van der Waals surface area contributed by atoms with Crippen molar-refractivity contribution in [3.8, 4) is 40.1 Å². The van der Waals surface area contributed by atoms with Gasteiger partial charge in [0.15, 0.2) is 17.3 Å². The third-order valence-corrected chi connectivity index (χ3v) is 7.25. The van der Waals surface area contributed by atoms with E-state index in [0.29, 0.717) is 0 Å². The molecule has 0 bridgehead atoms. The first-order chi connectivity index (χ1) is 19.8. The van der Waals surface area contributed by atoms with Crippen LogP contribution >= 0.6 is 0 Å². The lowest BCUT2D eigenvalue weighted by atomic mass is 10.00. The first-order valence-electron chi connectivity index (χ1n) is 12.9. The summed E-state index contributed by atoms with van der Waals surface area (Å²) in [5, 5.41) is 91.2. The lowest BCUT2D eigenvalue weighted by Gasteiger charge is -2.39. The van der Waals surface area contributed by atoms with Gasteiger partial charge in [0.1, 0.15) is 59.1 Å². The lowest BCUT2D eigenvalue weighted by molar-refractivity contribution is -0.268. The highest BCUT2D eigenvalue weighted by atomic mass is 16.7. The number of hydrogen-bond acceptors (Lipinski definition) is 15. The second kappa shape index (κ2) is 11.2. The van der Waals surface area contributed by atoms with Gasteiger partial charge in [0.2, 0.25) is 23.8 Å². The Morgan fingerprint density at radius 3 is 1.81 bits per heavy atom. The van der Waals surface area contributed by atoms with Crippen LogP contribution in [0, 0.1) is 0 Å². The van der Waals surface area contributed by atoms with Crippen molar-refractivity contribution in [2.24, 2.45) is 0 Å². The Kier molecular flexibility index (Phi) is 7.95. The van der Waals surface area contributed by atoms with Crippen LogP contribution in [0.3, 0.4) is 0 Å². The van der Waals surface area contributed by atoms with E-state index in [9.17, 15) is 50.8 Å². The Morgan fingerprint density at radius 2 is 1.24 bits per heavy atom. The van der Waals surface area contributed by atoms with Crippen LogP contribution in [0.15, 0.2) is 39.5 Å². The molecule has 15 heteroatoms. The molecule has 2 aromatic carbocycles. The Morgan fingerprint density at radius 1 is 0.667 bits per heavy atom. The standard InChI is InChI=1S/C27H30O15/c1-8-17(31)20(34)22(36)26(38-8)40-11-6-14(30)16-15(7-11)41-24(10-3-4-12(28)13(29)5-10)25(19(16)33)42-27-23(37)21(35)18(32)9(2)39-27/h3-9,17-18,20-23,26-32,34-37H,1-2H3. The molecule has 3 aromatic rings. The molecule has 0 aliphatic carbocycles. The summed E-state index contributed by atoms with van der Waals surface area (Å²) < 4.78 is 28.0. The maximum absolute atomic E-state index is 13.7. The highest BCUT2D eigenvalue weighted by molar-refractivity contribution is 5.88. The van der Waals surface area contributed by atoms with Crippen molar-refractivity contribution in [3.05, 3.63) is 40.6 Å². The summed E-state index contributed by atoms with van der Waals surface area (Å²) in [6, 6.07) is 5.59. The molecule has 0 spiro atoms. The van der Waals surface area contributed by atoms with Crippen molar-refractivity contribution in [2.45, 2.75) is 75.3 Å². The van der Waals surface area contributed by atoms with Crippen LogP contribution in [-0.2, 0) is 9.47 Å². The number of aliphatic hydroxyl groups is 6. The van der Waals surface area contributed by atoms with Crippen LogP contribution in [0.1, 0.15) is 13.8 Å². The van der Waals surface area contributed by atoms with E-state index >= 15 is 0 Å². The fraction of sp³-hybridized carbons (Fsp3) is 0.444. The zero-order chi connectivity index (χ0) is 30.6.